The summed E-state index contributed by atoms with van der Waals surface area (Å²) in [5, 5.41) is 2.46. The Labute approximate surface area is 177 Å². The standard InChI is InChI=1S/C20H22F3N3O4S/c1-14-5-7-16(11-17(14)31(29,30)26-9-3-2-4-10-26)24-18(27)13-25-12-15(20(21,22)23)6-8-19(25)28/h5-8,11-12H,2-4,9-10,13H2,1H3,(H,24,27). The number of amides is 1. The maximum atomic E-state index is 13.0. The number of nitrogens with one attached hydrogen (secondary N) is 1. The van der Waals surface area contributed by atoms with Crippen LogP contribution in [0.4, 0.5) is 18.9 Å². The molecule has 0 atom stereocenters. The van der Waals surface area contributed by atoms with Gasteiger partial charge in [0.2, 0.25) is 15.9 Å². The number of halogens is 3. The predicted octanol–water partition coefficient (Wildman–Crippen LogP) is 2.99. The number of rotatable bonds is 5. The molecule has 0 bridgehead atoms. The van der Waals surface area contributed by atoms with E-state index in [1.165, 1.54) is 16.4 Å². The molecule has 1 saturated heterocycles. The SMILES string of the molecule is Cc1ccc(NC(=O)Cn2cc(C(F)(F)F)ccc2=O)cc1S(=O)(=O)N1CCCCC1. The zero-order valence-corrected chi connectivity index (χ0v) is 17.6. The Morgan fingerprint density at radius 3 is 2.42 bits per heavy atom. The van der Waals surface area contributed by atoms with Crippen molar-refractivity contribution in [1.29, 1.82) is 0 Å². The summed E-state index contributed by atoms with van der Waals surface area (Å²) in [4.78, 5) is 24.2. The van der Waals surface area contributed by atoms with E-state index in [1.54, 1.807) is 13.0 Å². The molecule has 0 spiro atoms. The first-order valence-corrected chi connectivity index (χ1v) is 11.1. The predicted molar refractivity (Wildman–Crippen MR) is 108 cm³/mol. The molecule has 3 rings (SSSR count). The molecule has 1 aliphatic heterocycles. The van der Waals surface area contributed by atoms with Gasteiger partial charge in [0, 0.05) is 31.0 Å². The lowest BCUT2D eigenvalue weighted by molar-refractivity contribution is -0.138. The fourth-order valence-electron chi connectivity index (χ4n) is 3.38. The van der Waals surface area contributed by atoms with Crippen molar-refractivity contribution in [2.45, 2.75) is 43.8 Å². The highest BCUT2D eigenvalue weighted by molar-refractivity contribution is 7.89. The van der Waals surface area contributed by atoms with Crippen LogP contribution >= 0.6 is 0 Å². The van der Waals surface area contributed by atoms with Gasteiger partial charge in [0.25, 0.3) is 5.56 Å². The van der Waals surface area contributed by atoms with Gasteiger partial charge in [-0.3, -0.25) is 9.59 Å². The number of benzene rings is 1. The normalized spacial score (nSPS) is 15.6. The second-order valence-corrected chi connectivity index (χ2v) is 9.28. The van der Waals surface area contributed by atoms with Crippen LogP contribution in [0.3, 0.4) is 0 Å². The Kier molecular flexibility index (Phi) is 6.56. The van der Waals surface area contributed by atoms with Crippen LogP contribution < -0.4 is 10.9 Å². The first-order chi connectivity index (χ1) is 14.5. The molecule has 1 N–H and O–H groups in total. The van der Waals surface area contributed by atoms with Crippen molar-refractivity contribution in [3.63, 3.8) is 0 Å². The molecule has 1 aromatic heterocycles. The van der Waals surface area contributed by atoms with E-state index < -0.39 is 39.8 Å². The van der Waals surface area contributed by atoms with E-state index in [4.69, 9.17) is 0 Å². The molecule has 11 heteroatoms. The number of anilines is 1. The number of piperidine rings is 1. The van der Waals surface area contributed by atoms with E-state index in [-0.39, 0.29) is 10.6 Å². The van der Waals surface area contributed by atoms with Crippen LogP contribution in [0.25, 0.3) is 0 Å². The van der Waals surface area contributed by atoms with Crippen molar-refractivity contribution >= 4 is 21.6 Å². The minimum absolute atomic E-state index is 0.0587. The molecule has 1 fully saturated rings. The molecule has 7 nitrogen and oxygen atoms in total. The van der Waals surface area contributed by atoms with Gasteiger partial charge >= 0.3 is 6.18 Å². The number of carbonyl (C=O) groups is 1. The summed E-state index contributed by atoms with van der Waals surface area (Å²) in [6.45, 7) is 1.85. The highest BCUT2D eigenvalue weighted by Gasteiger charge is 2.31. The number of nitrogens with zero attached hydrogens (tertiary/aromatic N) is 2. The largest absolute Gasteiger partial charge is 0.417 e. The third-order valence-corrected chi connectivity index (χ3v) is 7.07. The molecule has 1 amide bonds. The number of aromatic nitrogens is 1. The van der Waals surface area contributed by atoms with Gasteiger partial charge < -0.3 is 9.88 Å². The molecule has 31 heavy (non-hydrogen) atoms. The van der Waals surface area contributed by atoms with Crippen LogP contribution in [-0.2, 0) is 27.5 Å². The molecular weight excluding hydrogens is 435 g/mol. The van der Waals surface area contributed by atoms with Gasteiger partial charge in [-0.05, 0) is 43.5 Å². The highest BCUT2D eigenvalue weighted by atomic mass is 32.2. The minimum Gasteiger partial charge on any atom is -0.324 e. The third kappa shape index (κ3) is 5.34. The van der Waals surface area contributed by atoms with E-state index in [0.29, 0.717) is 35.5 Å². The van der Waals surface area contributed by atoms with Crippen molar-refractivity contribution < 1.29 is 26.4 Å². The molecule has 0 saturated carbocycles. The Balaban J connectivity index is 1.80. The Hall–Kier alpha value is -2.66. The molecule has 0 unspecified atom stereocenters. The van der Waals surface area contributed by atoms with E-state index in [0.717, 1.165) is 25.3 Å². The van der Waals surface area contributed by atoms with E-state index in [1.807, 2.05) is 0 Å². The smallest absolute Gasteiger partial charge is 0.324 e. The van der Waals surface area contributed by atoms with Crippen LogP contribution in [0.15, 0.2) is 46.2 Å². The van der Waals surface area contributed by atoms with Gasteiger partial charge in [-0.1, -0.05) is 12.5 Å². The maximum absolute atomic E-state index is 13.0. The van der Waals surface area contributed by atoms with Gasteiger partial charge in [-0.15, -0.1) is 0 Å². The van der Waals surface area contributed by atoms with Crippen molar-refractivity contribution in [2.75, 3.05) is 18.4 Å². The van der Waals surface area contributed by atoms with Crippen LogP contribution in [0.1, 0.15) is 30.4 Å². The summed E-state index contributed by atoms with van der Waals surface area (Å²) in [5.41, 5.74) is -1.13. The summed E-state index contributed by atoms with van der Waals surface area (Å²) in [6.07, 6.45) is -1.55. The number of alkyl halides is 3. The topological polar surface area (TPSA) is 88.5 Å². The average Bonchev–Trinajstić information content (AvgIpc) is 2.70. The summed E-state index contributed by atoms with van der Waals surface area (Å²) < 4.78 is 66.6. The average molecular weight is 457 g/mol. The number of aryl methyl sites for hydroxylation is 1. The van der Waals surface area contributed by atoms with Gasteiger partial charge in [0.1, 0.15) is 6.54 Å². The van der Waals surface area contributed by atoms with Gasteiger partial charge in [-0.2, -0.15) is 17.5 Å². The van der Waals surface area contributed by atoms with Crippen molar-refractivity contribution in [3.05, 3.63) is 58.0 Å². The lowest BCUT2D eigenvalue weighted by Crippen LogP contribution is -2.36. The summed E-state index contributed by atoms with van der Waals surface area (Å²) in [6, 6.07) is 5.76. The molecule has 1 aliphatic rings. The van der Waals surface area contributed by atoms with Gasteiger partial charge in [0.15, 0.2) is 0 Å². The van der Waals surface area contributed by atoms with E-state index in [2.05, 4.69) is 5.32 Å². The molecule has 168 valence electrons. The van der Waals surface area contributed by atoms with Gasteiger partial charge in [-0.25, -0.2) is 8.42 Å². The molecule has 0 aliphatic carbocycles. The van der Waals surface area contributed by atoms with Crippen LogP contribution in [-0.4, -0.2) is 36.3 Å². The molecule has 2 aromatic rings. The Morgan fingerprint density at radius 1 is 1.10 bits per heavy atom. The van der Waals surface area contributed by atoms with Gasteiger partial charge in [0.05, 0.1) is 10.5 Å². The fraction of sp³-hybridized carbons (Fsp3) is 0.400. The summed E-state index contributed by atoms with van der Waals surface area (Å²) in [7, 11) is -3.74. The first-order valence-electron chi connectivity index (χ1n) is 9.67. The molecule has 0 radical (unpaired) electrons. The van der Waals surface area contributed by atoms with Crippen molar-refractivity contribution in [2.24, 2.45) is 0 Å². The zero-order valence-electron chi connectivity index (χ0n) is 16.8. The number of pyridine rings is 1. The lowest BCUT2D eigenvalue weighted by atomic mass is 10.2. The summed E-state index contributed by atoms with van der Waals surface area (Å²) >= 11 is 0. The molecular formula is C20H22F3N3O4S. The second-order valence-electron chi connectivity index (χ2n) is 7.37. The van der Waals surface area contributed by atoms with E-state index in [9.17, 15) is 31.2 Å². The number of hydrogen-bond donors (Lipinski definition) is 1. The Bertz CT molecular complexity index is 1140. The van der Waals surface area contributed by atoms with Crippen molar-refractivity contribution in [3.8, 4) is 0 Å². The summed E-state index contributed by atoms with van der Waals surface area (Å²) in [5.74, 6) is -0.758. The maximum Gasteiger partial charge on any atom is 0.417 e. The van der Waals surface area contributed by atoms with Crippen molar-refractivity contribution in [1.82, 2.24) is 8.87 Å². The third-order valence-electron chi connectivity index (χ3n) is 5.03. The van der Waals surface area contributed by atoms with Crippen LogP contribution in [0, 0.1) is 6.92 Å². The highest BCUT2D eigenvalue weighted by Crippen LogP contribution is 2.28. The molecule has 1 aromatic carbocycles. The number of sulfonamides is 1. The quantitative estimate of drug-likeness (QED) is 0.748. The Morgan fingerprint density at radius 2 is 1.77 bits per heavy atom. The molecule has 2 heterocycles. The second kappa shape index (κ2) is 8.83. The lowest BCUT2D eigenvalue weighted by Gasteiger charge is -2.26. The van der Waals surface area contributed by atoms with E-state index >= 15 is 0 Å². The zero-order chi connectivity index (χ0) is 22.8. The van der Waals surface area contributed by atoms with Crippen LogP contribution in [0.5, 0.6) is 0 Å². The minimum atomic E-state index is -4.65. The van der Waals surface area contributed by atoms with Crippen LogP contribution in [0.2, 0.25) is 0 Å². The number of hydrogen-bond acceptors (Lipinski definition) is 4. The fourth-order valence-corrected chi connectivity index (χ4v) is 5.15. The monoisotopic (exact) mass is 457 g/mol. The first kappa shape index (κ1) is 23.0. The number of carbonyl (C=O) groups excluding carboxylic acids is 1.